The van der Waals surface area contributed by atoms with Gasteiger partial charge in [0.15, 0.2) is 0 Å². The molecule has 0 bridgehead atoms. The van der Waals surface area contributed by atoms with E-state index in [1.165, 1.54) is 30.5 Å². The van der Waals surface area contributed by atoms with Gasteiger partial charge in [0, 0.05) is 31.3 Å². The van der Waals surface area contributed by atoms with Crippen molar-refractivity contribution < 1.29 is 5.11 Å². The van der Waals surface area contributed by atoms with Crippen LogP contribution in [0.2, 0.25) is 0 Å². The maximum Gasteiger partial charge on any atom is 0.128 e. The topological polar surface area (TPSA) is 61.3 Å². The molecule has 0 amide bonds. The van der Waals surface area contributed by atoms with Crippen LogP contribution in [0.3, 0.4) is 0 Å². The number of aryl methyl sites for hydroxylation is 2. The molecule has 5 nitrogen and oxygen atoms in total. The molecule has 2 N–H and O–H groups in total. The average molecular weight is 445 g/mol. The maximum absolute atomic E-state index is 9.43. The van der Waals surface area contributed by atoms with E-state index in [1.807, 2.05) is 24.4 Å². The van der Waals surface area contributed by atoms with E-state index in [0.717, 1.165) is 68.4 Å². The number of phenols is 1. The molecule has 4 rings (SSSR count). The number of benzene rings is 2. The van der Waals surface area contributed by atoms with Gasteiger partial charge in [0.1, 0.15) is 11.6 Å². The van der Waals surface area contributed by atoms with E-state index in [4.69, 9.17) is 4.98 Å². The third-order valence-corrected chi connectivity index (χ3v) is 6.50. The summed E-state index contributed by atoms with van der Waals surface area (Å²) in [5, 5.41) is 13.0. The number of aromatic nitrogens is 2. The zero-order chi connectivity index (χ0) is 22.9. The van der Waals surface area contributed by atoms with Crippen LogP contribution in [0.5, 0.6) is 5.75 Å². The van der Waals surface area contributed by atoms with Crippen LogP contribution < -0.4 is 5.32 Å². The number of piperidine rings is 1. The molecule has 1 atom stereocenters. The van der Waals surface area contributed by atoms with Gasteiger partial charge in [0.25, 0.3) is 0 Å². The molecule has 174 valence electrons. The van der Waals surface area contributed by atoms with E-state index in [-0.39, 0.29) is 0 Å². The molecular weight excluding hydrogens is 408 g/mol. The lowest BCUT2D eigenvalue weighted by molar-refractivity contribution is 0.210. The van der Waals surface area contributed by atoms with E-state index < -0.39 is 0 Å². The van der Waals surface area contributed by atoms with Gasteiger partial charge in [-0.2, -0.15) is 0 Å². The van der Waals surface area contributed by atoms with Crippen molar-refractivity contribution in [2.45, 2.75) is 45.6 Å². The molecule has 1 aromatic heterocycles. The molecule has 0 spiro atoms. The van der Waals surface area contributed by atoms with E-state index in [0.29, 0.717) is 5.75 Å². The lowest BCUT2D eigenvalue weighted by Crippen LogP contribution is -2.38. The zero-order valence-corrected chi connectivity index (χ0v) is 19.7. The second kappa shape index (κ2) is 11.9. The number of rotatable bonds is 10. The highest BCUT2D eigenvalue weighted by molar-refractivity contribution is 5.59. The second-order valence-electron chi connectivity index (χ2n) is 9.12. The largest absolute Gasteiger partial charge is 0.508 e. The van der Waals surface area contributed by atoms with Crippen LogP contribution in [-0.4, -0.2) is 46.2 Å². The van der Waals surface area contributed by atoms with Gasteiger partial charge < -0.3 is 10.4 Å². The first kappa shape index (κ1) is 23.4. The third-order valence-electron chi connectivity index (χ3n) is 6.50. The molecule has 5 heteroatoms. The predicted molar refractivity (Wildman–Crippen MR) is 134 cm³/mol. The van der Waals surface area contributed by atoms with Crippen molar-refractivity contribution in [2.24, 2.45) is 5.92 Å². The van der Waals surface area contributed by atoms with E-state index in [1.54, 1.807) is 12.1 Å². The molecule has 1 saturated heterocycles. The molecule has 2 aromatic carbocycles. The molecule has 1 fully saturated rings. The standard InChI is InChI=1S/C28H36N4O/c1-2-32(21-24-8-5-16-29-19-24)20-23-7-3-9-25(18-23)27-15-17-30-28(31-27)10-4-6-22-11-13-26(33)14-12-22/h3,7,9,11-15,17-18,24,29,33H,2,4-6,8,10,16,19-21H2,1H3/t24-/m0/s1. The monoisotopic (exact) mass is 444 g/mol. The highest BCUT2D eigenvalue weighted by atomic mass is 16.3. The summed E-state index contributed by atoms with van der Waals surface area (Å²) < 4.78 is 0. The Morgan fingerprint density at radius 3 is 2.73 bits per heavy atom. The number of nitrogens with zero attached hydrogens (tertiary/aromatic N) is 3. The van der Waals surface area contributed by atoms with Crippen LogP contribution >= 0.6 is 0 Å². The van der Waals surface area contributed by atoms with Gasteiger partial charge in [0.2, 0.25) is 0 Å². The highest BCUT2D eigenvalue weighted by Crippen LogP contribution is 2.21. The van der Waals surface area contributed by atoms with Gasteiger partial charge in [-0.25, -0.2) is 9.97 Å². The smallest absolute Gasteiger partial charge is 0.128 e. The summed E-state index contributed by atoms with van der Waals surface area (Å²) in [5.41, 5.74) is 4.71. The number of phenolic OH excluding ortho intramolecular Hbond substituents is 1. The Bertz CT molecular complexity index is 999. The molecule has 1 aliphatic rings. The van der Waals surface area contributed by atoms with E-state index in [2.05, 4.69) is 46.4 Å². The molecule has 1 aliphatic heterocycles. The molecule has 0 radical (unpaired) electrons. The first-order valence-corrected chi connectivity index (χ1v) is 12.3. The Kier molecular flexibility index (Phi) is 8.45. The minimum atomic E-state index is 0.310. The summed E-state index contributed by atoms with van der Waals surface area (Å²) in [4.78, 5) is 11.9. The Morgan fingerprint density at radius 2 is 1.94 bits per heavy atom. The first-order chi connectivity index (χ1) is 16.2. The van der Waals surface area contributed by atoms with Crippen molar-refractivity contribution in [3.63, 3.8) is 0 Å². The van der Waals surface area contributed by atoms with Gasteiger partial charge >= 0.3 is 0 Å². The minimum absolute atomic E-state index is 0.310. The fourth-order valence-corrected chi connectivity index (χ4v) is 4.63. The summed E-state index contributed by atoms with van der Waals surface area (Å²) in [6.07, 6.45) is 7.28. The van der Waals surface area contributed by atoms with Crippen molar-refractivity contribution in [1.29, 1.82) is 0 Å². The van der Waals surface area contributed by atoms with Crippen LogP contribution in [0.15, 0.2) is 60.8 Å². The third kappa shape index (κ3) is 7.11. The quantitative estimate of drug-likeness (QED) is 0.468. The SMILES string of the molecule is CCN(Cc1cccc(-c2ccnc(CCCc3ccc(O)cc3)n2)c1)C[C@H]1CCCNC1. The van der Waals surface area contributed by atoms with Crippen LogP contribution in [0.25, 0.3) is 11.3 Å². The Morgan fingerprint density at radius 1 is 1.06 bits per heavy atom. The number of hydrogen-bond donors (Lipinski definition) is 2. The Balaban J connectivity index is 1.36. The Labute approximate surface area is 197 Å². The van der Waals surface area contributed by atoms with Gasteiger partial charge in [0.05, 0.1) is 5.69 Å². The Hall–Kier alpha value is -2.76. The van der Waals surface area contributed by atoms with Gasteiger partial charge in [-0.05, 0) is 86.6 Å². The maximum atomic E-state index is 9.43. The van der Waals surface area contributed by atoms with Crippen molar-refractivity contribution in [3.05, 3.63) is 77.7 Å². The zero-order valence-electron chi connectivity index (χ0n) is 19.7. The molecule has 0 aliphatic carbocycles. The van der Waals surface area contributed by atoms with Crippen molar-refractivity contribution in [1.82, 2.24) is 20.2 Å². The molecule has 33 heavy (non-hydrogen) atoms. The lowest BCUT2D eigenvalue weighted by Gasteiger charge is -2.29. The summed E-state index contributed by atoms with van der Waals surface area (Å²) in [6, 6.07) is 18.2. The van der Waals surface area contributed by atoms with Gasteiger partial charge in [-0.1, -0.05) is 37.3 Å². The summed E-state index contributed by atoms with van der Waals surface area (Å²) in [6.45, 7) is 7.78. The average Bonchev–Trinajstić information content (AvgIpc) is 2.86. The number of aromatic hydroxyl groups is 1. The minimum Gasteiger partial charge on any atom is -0.508 e. The molecule has 0 unspecified atom stereocenters. The van der Waals surface area contributed by atoms with Crippen LogP contribution in [0.1, 0.15) is 43.1 Å². The number of nitrogens with one attached hydrogen (secondary N) is 1. The normalized spacial score (nSPS) is 16.2. The molecular formula is C28H36N4O. The molecule has 2 heterocycles. The summed E-state index contributed by atoms with van der Waals surface area (Å²) >= 11 is 0. The van der Waals surface area contributed by atoms with E-state index in [9.17, 15) is 5.11 Å². The van der Waals surface area contributed by atoms with Crippen molar-refractivity contribution in [3.8, 4) is 17.0 Å². The highest BCUT2D eigenvalue weighted by Gasteiger charge is 2.16. The molecule has 0 saturated carbocycles. The number of hydrogen-bond acceptors (Lipinski definition) is 5. The van der Waals surface area contributed by atoms with Crippen LogP contribution in [-0.2, 0) is 19.4 Å². The molecule has 3 aromatic rings. The van der Waals surface area contributed by atoms with Crippen LogP contribution in [0, 0.1) is 5.92 Å². The predicted octanol–water partition coefficient (Wildman–Crippen LogP) is 4.85. The first-order valence-electron chi connectivity index (χ1n) is 12.3. The fourth-order valence-electron chi connectivity index (χ4n) is 4.63. The second-order valence-corrected chi connectivity index (χ2v) is 9.12. The fraction of sp³-hybridized carbons (Fsp3) is 0.429. The van der Waals surface area contributed by atoms with Gasteiger partial charge in [-0.15, -0.1) is 0 Å². The summed E-state index contributed by atoms with van der Waals surface area (Å²) in [7, 11) is 0. The van der Waals surface area contributed by atoms with Crippen molar-refractivity contribution >= 4 is 0 Å². The van der Waals surface area contributed by atoms with Crippen LogP contribution in [0.4, 0.5) is 0 Å². The lowest BCUT2D eigenvalue weighted by atomic mass is 9.98. The van der Waals surface area contributed by atoms with Crippen molar-refractivity contribution in [2.75, 3.05) is 26.2 Å². The van der Waals surface area contributed by atoms with Gasteiger partial charge in [-0.3, -0.25) is 4.90 Å². The van der Waals surface area contributed by atoms with E-state index >= 15 is 0 Å². The summed E-state index contributed by atoms with van der Waals surface area (Å²) in [5.74, 6) is 1.95.